The van der Waals surface area contributed by atoms with E-state index in [1.807, 2.05) is 24.0 Å². The van der Waals surface area contributed by atoms with Crippen molar-refractivity contribution >= 4 is 0 Å². The molecule has 0 saturated carbocycles. The third-order valence-corrected chi connectivity index (χ3v) is 3.73. The molecule has 1 aliphatic carbocycles. The van der Waals surface area contributed by atoms with Crippen molar-refractivity contribution in [1.82, 2.24) is 15.1 Å². The minimum Gasteiger partial charge on any atom is -0.497 e. The largest absolute Gasteiger partial charge is 0.497 e. The van der Waals surface area contributed by atoms with Crippen LogP contribution in [0.25, 0.3) is 0 Å². The Morgan fingerprint density at radius 3 is 3.05 bits per heavy atom. The number of hydrogen-bond donors (Lipinski definition) is 1. The van der Waals surface area contributed by atoms with Crippen molar-refractivity contribution in [2.75, 3.05) is 7.11 Å². The van der Waals surface area contributed by atoms with Crippen molar-refractivity contribution in [3.63, 3.8) is 0 Å². The van der Waals surface area contributed by atoms with E-state index >= 15 is 0 Å². The van der Waals surface area contributed by atoms with Crippen molar-refractivity contribution in [3.05, 3.63) is 47.3 Å². The van der Waals surface area contributed by atoms with E-state index < -0.39 is 0 Å². The first-order chi connectivity index (χ1) is 9.26. The van der Waals surface area contributed by atoms with Gasteiger partial charge >= 0.3 is 0 Å². The molecule has 2 aromatic rings. The van der Waals surface area contributed by atoms with E-state index in [2.05, 4.69) is 28.6 Å². The first kappa shape index (κ1) is 12.2. The predicted molar refractivity (Wildman–Crippen MR) is 74.1 cm³/mol. The summed E-state index contributed by atoms with van der Waals surface area (Å²) in [6.45, 7) is 0.808. The lowest BCUT2D eigenvalue weighted by Crippen LogP contribution is -2.19. The normalized spacial score (nSPS) is 17.5. The zero-order valence-corrected chi connectivity index (χ0v) is 11.4. The highest BCUT2D eigenvalue weighted by molar-refractivity contribution is 5.40. The molecule has 0 saturated heterocycles. The molecule has 4 nitrogen and oxygen atoms in total. The Bertz CT molecular complexity index is 577. The van der Waals surface area contributed by atoms with E-state index in [0.717, 1.165) is 30.8 Å². The number of methoxy groups -OCH3 is 1. The maximum absolute atomic E-state index is 5.31. The van der Waals surface area contributed by atoms with E-state index in [0.29, 0.717) is 6.04 Å². The Morgan fingerprint density at radius 2 is 2.32 bits per heavy atom. The van der Waals surface area contributed by atoms with Gasteiger partial charge in [-0.25, -0.2) is 0 Å². The molecule has 0 spiro atoms. The number of fused-ring (bicyclic) bond motifs is 1. The van der Waals surface area contributed by atoms with Crippen LogP contribution < -0.4 is 10.1 Å². The Balaban J connectivity index is 1.71. The van der Waals surface area contributed by atoms with Crippen molar-refractivity contribution in [2.45, 2.75) is 25.4 Å². The molecular weight excluding hydrogens is 238 g/mol. The monoisotopic (exact) mass is 257 g/mol. The van der Waals surface area contributed by atoms with Gasteiger partial charge < -0.3 is 10.1 Å². The number of nitrogens with zero attached hydrogens (tertiary/aromatic N) is 2. The molecule has 1 heterocycles. The van der Waals surface area contributed by atoms with E-state index in [1.165, 1.54) is 11.1 Å². The zero-order valence-electron chi connectivity index (χ0n) is 11.4. The minimum atomic E-state index is 0.409. The summed E-state index contributed by atoms with van der Waals surface area (Å²) >= 11 is 0. The quantitative estimate of drug-likeness (QED) is 0.912. The molecule has 100 valence electrons. The molecule has 1 aromatic carbocycles. The number of aromatic nitrogens is 2. The van der Waals surface area contributed by atoms with Crippen LogP contribution in [0.3, 0.4) is 0 Å². The summed E-state index contributed by atoms with van der Waals surface area (Å²) < 4.78 is 7.15. The zero-order chi connectivity index (χ0) is 13.2. The lowest BCUT2D eigenvalue weighted by molar-refractivity contribution is 0.413. The van der Waals surface area contributed by atoms with Crippen LogP contribution in [0.15, 0.2) is 30.5 Å². The van der Waals surface area contributed by atoms with Crippen LogP contribution in [0.5, 0.6) is 5.75 Å². The van der Waals surface area contributed by atoms with Gasteiger partial charge in [0, 0.05) is 25.8 Å². The number of hydrogen-bond acceptors (Lipinski definition) is 3. The summed E-state index contributed by atoms with van der Waals surface area (Å²) in [6, 6.07) is 8.83. The summed E-state index contributed by atoms with van der Waals surface area (Å²) in [5.74, 6) is 0.935. The van der Waals surface area contributed by atoms with Crippen molar-refractivity contribution in [3.8, 4) is 5.75 Å². The Hall–Kier alpha value is -1.81. The lowest BCUT2D eigenvalue weighted by atomic mass is 10.1. The maximum atomic E-state index is 5.31. The number of aryl methyl sites for hydroxylation is 2. The summed E-state index contributed by atoms with van der Waals surface area (Å²) in [5.41, 5.74) is 3.88. The van der Waals surface area contributed by atoms with Crippen LogP contribution in [0.2, 0.25) is 0 Å². The molecule has 0 radical (unpaired) electrons. The second-order valence-electron chi connectivity index (χ2n) is 5.02. The number of nitrogens with one attached hydrogen (secondary N) is 1. The molecular formula is C15H19N3O. The highest BCUT2D eigenvalue weighted by Gasteiger charge is 2.22. The molecule has 3 rings (SSSR count). The van der Waals surface area contributed by atoms with Gasteiger partial charge in [-0.1, -0.05) is 6.07 Å². The van der Waals surface area contributed by atoms with Crippen LogP contribution in [0.1, 0.15) is 29.3 Å². The number of benzene rings is 1. The summed E-state index contributed by atoms with van der Waals surface area (Å²) in [4.78, 5) is 0. The van der Waals surface area contributed by atoms with Crippen LogP contribution in [-0.4, -0.2) is 16.9 Å². The van der Waals surface area contributed by atoms with Crippen molar-refractivity contribution in [2.24, 2.45) is 7.05 Å². The lowest BCUT2D eigenvalue weighted by Gasteiger charge is -2.14. The maximum Gasteiger partial charge on any atom is 0.119 e. The molecule has 0 aliphatic heterocycles. The van der Waals surface area contributed by atoms with E-state index in [1.54, 1.807) is 7.11 Å². The smallest absolute Gasteiger partial charge is 0.119 e. The van der Waals surface area contributed by atoms with Gasteiger partial charge in [-0.05, 0) is 42.2 Å². The van der Waals surface area contributed by atoms with Gasteiger partial charge in [0.25, 0.3) is 0 Å². The highest BCUT2D eigenvalue weighted by Crippen LogP contribution is 2.33. The number of ether oxygens (including phenoxy) is 1. The van der Waals surface area contributed by atoms with Gasteiger partial charge in [-0.15, -0.1) is 0 Å². The number of rotatable bonds is 4. The fourth-order valence-electron chi connectivity index (χ4n) is 2.70. The molecule has 1 aliphatic rings. The highest BCUT2D eigenvalue weighted by atomic mass is 16.5. The van der Waals surface area contributed by atoms with Crippen molar-refractivity contribution < 1.29 is 4.74 Å². The van der Waals surface area contributed by atoms with Gasteiger partial charge in [0.15, 0.2) is 0 Å². The Labute approximate surface area is 113 Å². The Morgan fingerprint density at radius 1 is 1.42 bits per heavy atom. The third kappa shape index (κ3) is 2.49. The first-order valence-corrected chi connectivity index (χ1v) is 6.65. The fraction of sp³-hybridized carbons (Fsp3) is 0.400. The van der Waals surface area contributed by atoms with E-state index in [-0.39, 0.29) is 0 Å². The molecule has 0 fully saturated rings. The van der Waals surface area contributed by atoms with Gasteiger partial charge in [0.05, 0.1) is 12.8 Å². The Kier molecular flexibility index (Phi) is 3.25. The topological polar surface area (TPSA) is 39.1 Å². The molecule has 1 N–H and O–H groups in total. The van der Waals surface area contributed by atoms with Gasteiger partial charge in [0.2, 0.25) is 0 Å². The first-order valence-electron chi connectivity index (χ1n) is 6.65. The van der Waals surface area contributed by atoms with Gasteiger partial charge in [0.1, 0.15) is 5.75 Å². The average Bonchev–Trinajstić information content (AvgIpc) is 3.02. The molecule has 1 aromatic heterocycles. The minimum absolute atomic E-state index is 0.409. The average molecular weight is 257 g/mol. The molecule has 0 bridgehead atoms. The van der Waals surface area contributed by atoms with Crippen LogP contribution in [0.4, 0.5) is 0 Å². The standard InChI is InChI=1S/C15H19N3O/c1-18-8-7-12(17-18)10-16-15-6-4-11-3-5-13(19-2)9-14(11)15/h3,5,7-9,15-16H,4,6,10H2,1-2H3. The SMILES string of the molecule is COc1ccc2c(c1)C(NCc1ccn(C)n1)CC2. The molecule has 19 heavy (non-hydrogen) atoms. The van der Waals surface area contributed by atoms with Crippen LogP contribution in [0, 0.1) is 0 Å². The van der Waals surface area contributed by atoms with Crippen molar-refractivity contribution in [1.29, 1.82) is 0 Å². The van der Waals surface area contributed by atoms with Crippen LogP contribution in [-0.2, 0) is 20.0 Å². The van der Waals surface area contributed by atoms with Crippen LogP contribution >= 0.6 is 0 Å². The van der Waals surface area contributed by atoms with E-state index in [4.69, 9.17) is 4.74 Å². The fourth-order valence-corrected chi connectivity index (χ4v) is 2.70. The molecule has 0 amide bonds. The van der Waals surface area contributed by atoms with Gasteiger partial charge in [-0.3, -0.25) is 4.68 Å². The van der Waals surface area contributed by atoms with Gasteiger partial charge in [-0.2, -0.15) is 5.10 Å². The molecule has 1 unspecified atom stereocenters. The second kappa shape index (κ2) is 5.05. The van der Waals surface area contributed by atoms with E-state index in [9.17, 15) is 0 Å². The predicted octanol–water partition coefficient (Wildman–Crippen LogP) is 2.21. The summed E-state index contributed by atoms with van der Waals surface area (Å²) in [7, 11) is 3.66. The third-order valence-electron chi connectivity index (χ3n) is 3.73. The molecule has 4 heteroatoms. The second-order valence-corrected chi connectivity index (χ2v) is 5.02. The summed E-state index contributed by atoms with van der Waals surface area (Å²) in [5, 5.41) is 7.98. The molecule has 1 atom stereocenters. The summed E-state index contributed by atoms with van der Waals surface area (Å²) in [6.07, 6.45) is 4.26.